The van der Waals surface area contributed by atoms with Crippen molar-refractivity contribution >= 4 is 29.7 Å². The maximum Gasteiger partial charge on any atom is 0.414 e. The number of aliphatic carboxylic acids is 2. The highest BCUT2D eigenvalue weighted by Crippen LogP contribution is 2.31. The van der Waals surface area contributed by atoms with Gasteiger partial charge < -0.3 is 19.8 Å². The number of hydrogen-bond acceptors (Lipinski definition) is 6. The number of ether oxygens (including phenoxy) is 1. The van der Waals surface area contributed by atoms with E-state index in [0.29, 0.717) is 11.7 Å². The Morgan fingerprint density at radius 2 is 1.63 bits per heavy atom. The number of hydrogen-bond donors (Lipinski definition) is 2. The van der Waals surface area contributed by atoms with Crippen LogP contribution >= 0.6 is 11.8 Å². The van der Waals surface area contributed by atoms with Crippen LogP contribution in [0.25, 0.3) is 0 Å². The van der Waals surface area contributed by atoms with Crippen LogP contribution in [-0.2, 0) is 19.1 Å². The third kappa shape index (κ3) is 12.7. The van der Waals surface area contributed by atoms with E-state index < -0.39 is 11.9 Å². The number of carboxylic acids is 2. The molecule has 0 bridgehead atoms. The van der Waals surface area contributed by atoms with Gasteiger partial charge >= 0.3 is 17.9 Å². The van der Waals surface area contributed by atoms with Crippen LogP contribution in [-0.4, -0.2) is 69.8 Å². The van der Waals surface area contributed by atoms with Crippen molar-refractivity contribution in [3.63, 3.8) is 0 Å². The Hall–Kier alpha value is -1.28. The minimum atomic E-state index is -1.82. The van der Waals surface area contributed by atoms with Crippen LogP contribution in [0.15, 0.2) is 0 Å². The van der Waals surface area contributed by atoms with Gasteiger partial charge in [0.2, 0.25) is 0 Å². The predicted octanol–water partition coefficient (Wildman–Crippen LogP) is 3.26. The minimum absolute atomic E-state index is 0.00473. The molecule has 0 aromatic rings. The van der Waals surface area contributed by atoms with E-state index >= 15 is 0 Å². The third-order valence-corrected chi connectivity index (χ3v) is 5.96. The van der Waals surface area contributed by atoms with Gasteiger partial charge in [0.15, 0.2) is 0 Å². The molecule has 0 amide bonds. The van der Waals surface area contributed by atoms with E-state index in [-0.39, 0.29) is 12.1 Å². The molecule has 0 radical (unpaired) electrons. The van der Waals surface area contributed by atoms with E-state index in [9.17, 15) is 4.79 Å². The molecule has 0 spiro atoms. The van der Waals surface area contributed by atoms with Gasteiger partial charge in [-0.3, -0.25) is 4.79 Å². The van der Waals surface area contributed by atoms with E-state index in [0.717, 1.165) is 26.1 Å². The van der Waals surface area contributed by atoms with Crippen molar-refractivity contribution in [1.82, 2.24) is 4.90 Å². The first kappa shape index (κ1) is 25.7. The molecule has 1 rings (SSSR count). The summed E-state index contributed by atoms with van der Waals surface area (Å²) in [7, 11) is 0. The van der Waals surface area contributed by atoms with Gasteiger partial charge in [0, 0.05) is 11.8 Å². The van der Waals surface area contributed by atoms with E-state index in [4.69, 9.17) is 24.5 Å². The normalized spacial score (nSPS) is 19.1. The molecule has 27 heavy (non-hydrogen) atoms. The van der Waals surface area contributed by atoms with Crippen LogP contribution in [0.3, 0.4) is 0 Å². The topological polar surface area (TPSA) is 104 Å². The summed E-state index contributed by atoms with van der Waals surface area (Å²) in [5, 5.41) is 15.3. The zero-order chi connectivity index (χ0) is 20.7. The second kappa shape index (κ2) is 15.7. The number of carbonyl (C=O) groups is 3. The molecule has 7 nitrogen and oxygen atoms in total. The number of esters is 1. The Labute approximate surface area is 166 Å². The van der Waals surface area contributed by atoms with Crippen molar-refractivity contribution in [1.29, 1.82) is 0 Å². The van der Waals surface area contributed by atoms with Crippen molar-refractivity contribution in [2.24, 2.45) is 0 Å². The molecule has 1 aliphatic carbocycles. The first-order chi connectivity index (χ1) is 12.8. The summed E-state index contributed by atoms with van der Waals surface area (Å²) in [5.41, 5.74) is 0. The predicted molar refractivity (Wildman–Crippen MR) is 107 cm³/mol. The lowest BCUT2D eigenvalue weighted by Crippen LogP contribution is -2.34. The van der Waals surface area contributed by atoms with Gasteiger partial charge in [-0.1, -0.05) is 33.6 Å². The Morgan fingerprint density at radius 3 is 2.15 bits per heavy atom. The number of rotatable bonds is 10. The third-order valence-electron chi connectivity index (χ3n) is 4.46. The van der Waals surface area contributed by atoms with Gasteiger partial charge in [-0.25, -0.2) is 9.59 Å². The molecule has 2 atom stereocenters. The first-order valence-corrected chi connectivity index (χ1v) is 10.9. The van der Waals surface area contributed by atoms with Crippen LogP contribution in [0, 0.1) is 0 Å². The van der Waals surface area contributed by atoms with Crippen molar-refractivity contribution < 1.29 is 29.3 Å². The van der Waals surface area contributed by atoms with Gasteiger partial charge in [0.1, 0.15) is 6.10 Å². The minimum Gasteiger partial charge on any atom is -0.473 e. The van der Waals surface area contributed by atoms with Gasteiger partial charge in [0.25, 0.3) is 0 Å². The van der Waals surface area contributed by atoms with Crippen molar-refractivity contribution in [3.8, 4) is 0 Å². The monoisotopic (exact) mass is 405 g/mol. The summed E-state index contributed by atoms with van der Waals surface area (Å²) in [5.74, 6) is -2.45. The van der Waals surface area contributed by atoms with Crippen LogP contribution in [0.4, 0.5) is 0 Å². The maximum atomic E-state index is 12.1. The molecule has 0 saturated heterocycles. The zero-order valence-corrected chi connectivity index (χ0v) is 17.6. The molecule has 1 fully saturated rings. The lowest BCUT2D eigenvalue weighted by Gasteiger charge is -2.31. The highest BCUT2D eigenvalue weighted by Gasteiger charge is 2.28. The molecule has 1 aliphatic rings. The fraction of sp³-hybridized carbons (Fsp3) is 0.842. The first-order valence-electron chi connectivity index (χ1n) is 9.85. The Kier molecular flexibility index (Phi) is 15.0. The number of nitrogens with zero attached hydrogens (tertiary/aromatic N) is 1. The highest BCUT2D eigenvalue weighted by atomic mass is 32.2. The molecule has 1 saturated carbocycles. The summed E-state index contributed by atoms with van der Waals surface area (Å²) in [6.45, 7) is 9.33. The highest BCUT2D eigenvalue weighted by molar-refractivity contribution is 7.99. The molecule has 0 aromatic carbocycles. The van der Waals surface area contributed by atoms with Crippen LogP contribution in [0.5, 0.6) is 0 Å². The lowest BCUT2D eigenvalue weighted by molar-refractivity contribution is -0.159. The van der Waals surface area contributed by atoms with Crippen LogP contribution in [0.2, 0.25) is 0 Å². The number of thioether (sulfide) groups is 1. The molecule has 0 aromatic heterocycles. The summed E-state index contributed by atoms with van der Waals surface area (Å²) in [6.07, 6.45) is 7.96. The molecule has 158 valence electrons. The van der Waals surface area contributed by atoms with Crippen molar-refractivity contribution in [3.05, 3.63) is 0 Å². The fourth-order valence-corrected chi connectivity index (χ4v) is 4.28. The molecule has 8 heteroatoms. The fourth-order valence-electron chi connectivity index (χ4n) is 2.78. The smallest absolute Gasteiger partial charge is 0.414 e. The van der Waals surface area contributed by atoms with Gasteiger partial charge in [-0.2, -0.15) is 11.8 Å². The average molecular weight is 406 g/mol. The SMILES string of the molecule is CCCCSC1CCCCC1OC(=O)CCN(CC)CC.O=C(O)C(=O)O. The van der Waals surface area contributed by atoms with E-state index in [2.05, 4.69) is 25.7 Å². The summed E-state index contributed by atoms with van der Waals surface area (Å²) in [4.78, 5) is 32.5. The summed E-state index contributed by atoms with van der Waals surface area (Å²) >= 11 is 2.02. The standard InChI is InChI=1S/C17H33NO2S.C2H2O4/c1-4-7-14-21-16-11-9-8-10-15(16)20-17(19)12-13-18(5-2)6-3;3-1(4)2(5)6/h15-16H,4-14H2,1-3H3;(H,3,4)(H,5,6). The van der Waals surface area contributed by atoms with E-state index in [1.807, 2.05) is 11.8 Å². The number of carbonyl (C=O) groups excluding carboxylic acids is 1. The average Bonchev–Trinajstić information content (AvgIpc) is 2.64. The van der Waals surface area contributed by atoms with Crippen molar-refractivity contribution in [2.75, 3.05) is 25.4 Å². The largest absolute Gasteiger partial charge is 0.473 e. The molecule has 2 unspecified atom stereocenters. The van der Waals surface area contributed by atoms with Gasteiger partial charge in [0.05, 0.1) is 6.42 Å². The Balaban J connectivity index is 0.000000972. The second-order valence-corrected chi connectivity index (χ2v) is 7.81. The molecule has 0 aliphatic heterocycles. The molecular formula is C19H35NO6S. The lowest BCUT2D eigenvalue weighted by atomic mass is 9.97. The Morgan fingerprint density at radius 1 is 1.04 bits per heavy atom. The zero-order valence-electron chi connectivity index (χ0n) is 16.8. The maximum absolute atomic E-state index is 12.1. The molecule has 2 N–H and O–H groups in total. The summed E-state index contributed by atoms with van der Waals surface area (Å²) in [6, 6.07) is 0. The number of unbranched alkanes of at least 4 members (excludes halogenated alkanes) is 1. The summed E-state index contributed by atoms with van der Waals surface area (Å²) < 4.78 is 5.79. The quantitative estimate of drug-likeness (QED) is 0.324. The van der Waals surface area contributed by atoms with Crippen LogP contribution < -0.4 is 0 Å². The molecule has 0 heterocycles. The van der Waals surface area contributed by atoms with Crippen LogP contribution in [0.1, 0.15) is 65.7 Å². The number of carboxylic acid groups (broad SMARTS) is 2. The van der Waals surface area contributed by atoms with E-state index in [1.54, 1.807) is 0 Å². The van der Waals surface area contributed by atoms with Gasteiger partial charge in [-0.15, -0.1) is 0 Å². The van der Waals surface area contributed by atoms with Crippen molar-refractivity contribution in [2.45, 2.75) is 77.1 Å². The van der Waals surface area contributed by atoms with E-state index in [1.165, 1.54) is 37.9 Å². The second-order valence-electron chi connectivity index (χ2n) is 6.46. The van der Waals surface area contributed by atoms with Gasteiger partial charge in [-0.05, 0) is 44.5 Å². The molecular weight excluding hydrogens is 370 g/mol. The Bertz CT molecular complexity index is 430.